The molecule has 1 amide bonds. The zero-order valence-electron chi connectivity index (χ0n) is 10.7. The molecule has 1 aliphatic heterocycles. The number of aromatic nitrogens is 2. The molecule has 1 aliphatic rings. The second-order valence-electron chi connectivity index (χ2n) is 4.85. The van der Waals surface area contributed by atoms with Gasteiger partial charge in [0, 0.05) is 18.7 Å². The molecular formula is C13H14N4O2S. The summed E-state index contributed by atoms with van der Waals surface area (Å²) in [5, 5.41) is 3.14. The van der Waals surface area contributed by atoms with E-state index in [1.807, 2.05) is 6.07 Å². The molecule has 6 nitrogen and oxygen atoms in total. The molecule has 0 radical (unpaired) electrons. The summed E-state index contributed by atoms with van der Waals surface area (Å²) in [5.41, 5.74) is 6.64. The van der Waals surface area contributed by atoms with E-state index in [-0.39, 0.29) is 17.6 Å². The van der Waals surface area contributed by atoms with Gasteiger partial charge in [-0.05, 0) is 18.9 Å². The number of ketones is 1. The molecule has 3 rings (SSSR count). The summed E-state index contributed by atoms with van der Waals surface area (Å²) in [7, 11) is 0. The first kappa shape index (κ1) is 13.1. The average molecular weight is 290 g/mol. The predicted octanol–water partition coefficient (Wildman–Crippen LogP) is 0.727. The fourth-order valence-electron chi connectivity index (χ4n) is 2.33. The van der Waals surface area contributed by atoms with Gasteiger partial charge >= 0.3 is 0 Å². The van der Waals surface area contributed by atoms with Crippen LogP contribution in [0, 0.1) is 5.92 Å². The van der Waals surface area contributed by atoms with Crippen molar-refractivity contribution in [1.82, 2.24) is 15.3 Å². The van der Waals surface area contributed by atoms with Gasteiger partial charge in [-0.1, -0.05) is 0 Å². The highest BCUT2D eigenvalue weighted by Crippen LogP contribution is 2.23. The molecule has 20 heavy (non-hydrogen) atoms. The first-order valence-corrected chi connectivity index (χ1v) is 7.25. The lowest BCUT2D eigenvalue weighted by Gasteiger charge is -2.12. The van der Waals surface area contributed by atoms with Gasteiger partial charge in [-0.25, -0.2) is 4.98 Å². The third kappa shape index (κ3) is 2.41. The minimum atomic E-state index is -0.683. The largest absolute Gasteiger partial charge is 0.356 e. The van der Waals surface area contributed by atoms with Crippen LogP contribution in [0.5, 0.6) is 0 Å². The number of hydrogen-bond donors (Lipinski definition) is 2. The molecule has 0 aliphatic carbocycles. The number of thiazole rings is 1. The third-order valence-electron chi connectivity index (χ3n) is 3.44. The second-order valence-corrected chi connectivity index (χ2v) is 5.88. The number of Topliss-reactive ketones (excluding diaryl/α,β-unsaturated/α-hetero) is 1. The Labute approximate surface area is 119 Å². The minimum Gasteiger partial charge on any atom is -0.356 e. The van der Waals surface area contributed by atoms with Gasteiger partial charge in [0.1, 0.15) is 5.52 Å². The van der Waals surface area contributed by atoms with Crippen LogP contribution in [0.3, 0.4) is 0 Å². The standard InChI is InChI=1S/C13H14N4O2S/c14-8(5-7-1-4-16-12(7)19)11(18)13-17-9-6-15-3-2-10(9)20-13/h2-3,6-8H,1,4-5,14H2,(H,16,19)/t7-,8-/m0/s1. The summed E-state index contributed by atoms with van der Waals surface area (Å²) in [6.07, 6.45) is 4.40. The summed E-state index contributed by atoms with van der Waals surface area (Å²) < 4.78 is 0.911. The van der Waals surface area contributed by atoms with Gasteiger partial charge in [0.15, 0.2) is 5.01 Å². The maximum absolute atomic E-state index is 12.3. The number of nitrogens with two attached hydrogens (primary N) is 1. The zero-order chi connectivity index (χ0) is 14.1. The molecule has 7 heteroatoms. The normalized spacial score (nSPS) is 20.1. The average Bonchev–Trinajstić information content (AvgIpc) is 3.04. The van der Waals surface area contributed by atoms with E-state index in [0.29, 0.717) is 23.5 Å². The van der Waals surface area contributed by atoms with Crippen molar-refractivity contribution in [2.24, 2.45) is 11.7 Å². The number of hydrogen-bond acceptors (Lipinski definition) is 6. The summed E-state index contributed by atoms with van der Waals surface area (Å²) in [6.45, 7) is 0.664. The summed E-state index contributed by atoms with van der Waals surface area (Å²) in [6, 6.07) is 1.14. The van der Waals surface area contributed by atoms with E-state index >= 15 is 0 Å². The molecule has 0 spiro atoms. The van der Waals surface area contributed by atoms with Gasteiger partial charge in [0.25, 0.3) is 0 Å². The minimum absolute atomic E-state index is 0.0123. The van der Waals surface area contributed by atoms with Crippen molar-refractivity contribution in [1.29, 1.82) is 0 Å². The number of fused-ring (bicyclic) bond motifs is 1. The Bertz CT molecular complexity index is 636. The topological polar surface area (TPSA) is 98.0 Å². The van der Waals surface area contributed by atoms with E-state index in [1.165, 1.54) is 11.3 Å². The zero-order valence-corrected chi connectivity index (χ0v) is 11.5. The molecule has 0 saturated carbocycles. The monoisotopic (exact) mass is 290 g/mol. The Balaban J connectivity index is 1.75. The quantitative estimate of drug-likeness (QED) is 0.809. The number of carbonyl (C=O) groups excluding carboxylic acids is 2. The molecule has 0 aromatic carbocycles. The van der Waals surface area contributed by atoms with E-state index in [4.69, 9.17) is 5.73 Å². The molecule has 2 atom stereocenters. The van der Waals surface area contributed by atoms with Crippen LogP contribution >= 0.6 is 11.3 Å². The number of amides is 1. The smallest absolute Gasteiger partial charge is 0.223 e. The van der Waals surface area contributed by atoms with Crippen LogP contribution in [0.2, 0.25) is 0 Å². The molecule has 1 saturated heterocycles. The Hall–Kier alpha value is -1.86. The third-order valence-corrected chi connectivity index (χ3v) is 4.49. The first-order valence-electron chi connectivity index (χ1n) is 6.43. The molecule has 3 heterocycles. The maximum atomic E-state index is 12.3. The van der Waals surface area contributed by atoms with E-state index in [0.717, 1.165) is 11.1 Å². The number of nitrogens with zero attached hydrogens (tertiary/aromatic N) is 2. The van der Waals surface area contributed by atoms with Crippen molar-refractivity contribution < 1.29 is 9.59 Å². The highest BCUT2D eigenvalue weighted by atomic mass is 32.1. The van der Waals surface area contributed by atoms with Crippen LogP contribution in [-0.2, 0) is 4.79 Å². The molecule has 0 bridgehead atoms. The van der Waals surface area contributed by atoms with Crippen LogP contribution in [-0.4, -0.2) is 34.2 Å². The van der Waals surface area contributed by atoms with E-state index < -0.39 is 6.04 Å². The molecule has 3 N–H and O–H groups in total. The second kappa shape index (κ2) is 5.26. The van der Waals surface area contributed by atoms with Gasteiger partial charge in [-0.3, -0.25) is 14.6 Å². The highest BCUT2D eigenvalue weighted by molar-refractivity contribution is 7.20. The highest BCUT2D eigenvalue weighted by Gasteiger charge is 2.29. The summed E-state index contributed by atoms with van der Waals surface area (Å²) in [4.78, 5) is 32.0. The first-order chi connectivity index (χ1) is 9.65. The van der Waals surface area contributed by atoms with Gasteiger partial charge < -0.3 is 11.1 Å². The Morgan fingerprint density at radius 3 is 3.15 bits per heavy atom. The molecule has 1 fully saturated rings. The summed E-state index contributed by atoms with van der Waals surface area (Å²) >= 11 is 1.31. The van der Waals surface area contributed by atoms with Crippen molar-refractivity contribution >= 4 is 33.2 Å². The van der Waals surface area contributed by atoms with E-state index in [1.54, 1.807) is 12.4 Å². The van der Waals surface area contributed by atoms with Crippen LogP contribution in [0.25, 0.3) is 10.2 Å². The van der Waals surface area contributed by atoms with Crippen molar-refractivity contribution in [3.63, 3.8) is 0 Å². The molecular weight excluding hydrogens is 276 g/mol. The lowest BCUT2D eigenvalue weighted by molar-refractivity contribution is -0.122. The Morgan fingerprint density at radius 1 is 1.60 bits per heavy atom. The number of pyridine rings is 1. The molecule has 2 aromatic heterocycles. The molecule has 104 valence electrons. The number of rotatable bonds is 4. The maximum Gasteiger partial charge on any atom is 0.223 e. The lowest BCUT2D eigenvalue weighted by Crippen LogP contribution is -2.34. The van der Waals surface area contributed by atoms with Crippen molar-refractivity contribution in [2.75, 3.05) is 6.54 Å². The van der Waals surface area contributed by atoms with Crippen LogP contribution in [0.1, 0.15) is 22.6 Å². The van der Waals surface area contributed by atoms with Crippen molar-refractivity contribution in [3.05, 3.63) is 23.5 Å². The van der Waals surface area contributed by atoms with Gasteiger partial charge in [-0.2, -0.15) is 0 Å². The Morgan fingerprint density at radius 2 is 2.45 bits per heavy atom. The Kier molecular flexibility index (Phi) is 3.45. The van der Waals surface area contributed by atoms with Gasteiger partial charge in [0.05, 0.1) is 16.9 Å². The number of carbonyl (C=O) groups is 2. The predicted molar refractivity (Wildman–Crippen MR) is 75.5 cm³/mol. The SMILES string of the molecule is N[C@@H](C[C@@H]1CCNC1=O)C(=O)c1nc2cnccc2s1. The lowest BCUT2D eigenvalue weighted by atomic mass is 9.97. The number of nitrogens with one attached hydrogen (secondary N) is 1. The van der Waals surface area contributed by atoms with Crippen LogP contribution in [0.4, 0.5) is 0 Å². The molecule has 0 unspecified atom stereocenters. The summed E-state index contributed by atoms with van der Waals surface area (Å²) in [5.74, 6) is -0.377. The van der Waals surface area contributed by atoms with Crippen LogP contribution in [0.15, 0.2) is 18.5 Å². The van der Waals surface area contributed by atoms with E-state index in [9.17, 15) is 9.59 Å². The van der Waals surface area contributed by atoms with Crippen molar-refractivity contribution in [2.45, 2.75) is 18.9 Å². The van der Waals surface area contributed by atoms with Crippen molar-refractivity contribution in [3.8, 4) is 0 Å². The van der Waals surface area contributed by atoms with Crippen LogP contribution < -0.4 is 11.1 Å². The molecule has 2 aromatic rings. The van der Waals surface area contributed by atoms with Gasteiger partial charge in [0.2, 0.25) is 11.7 Å². The van der Waals surface area contributed by atoms with E-state index in [2.05, 4.69) is 15.3 Å². The fourth-order valence-corrected chi connectivity index (χ4v) is 3.26. The van der Waals surface area contributed by atoms with Gasteiger partial charge in [-0.15, -0.1) is 11.3 Å². The fraction of sp³-hybridized carbons (Fsp3) is 0.385.